The summed E-state index contributed by atoms with van der Waals surface area (Å²) in [5.41, 5.74) is 0. The van der Waals surface area contributed by atoms with Gasteiger partial charge in [-0.25, -0.2) is 4.79 Å². The molecule has 0 spiro atoms. The van der Waals surface area contributed by atoms with Gasteiger partial charge < -0.3 is 15.2 Å². The lowest BCUT2D eigenvalue weighted by atomic mass is 10.2. The monoisotopic (exact) mass is 227 g/mol. The fourth-order valence-electron chi connectivity index (χ4n) is 1.92. The van der Waals surface area contributed by atoms with Gasteiger partial charge in [0, 0.05) is 13.0 Å². The summed E-state index contributed by atoms with van der Waals surface area (Å²) in [6.45, 7) is 0.440. The number of carboxylic acid groups (broad SMARTS) is 1. The smallest absolute Gasteiger partial charge is 0.332 e. The minimum atomic E-state index is -0.910. The van der Waals surface area contributed by atoms with Crippen LogP contribution in [0.1, 0.15) is 32.1 Å². The number of nitrogens with one attached hydrogen (secondary N) is 1. The van der Waals surface area contributed by atoms with Crippen molar-refractivity contribution in [3.63, 3.8) is 0 Å². The van der Waals surface area contributed by atoms with Crippen LogP contribution in [0.3, 0.4) is 0 Å². The normalized spacial score (nSPS) is 29.0. The van der Waals surface area contributed by atoms with Crippen LogP contribution in [0.25, 0.3) is 0 Å². The number of aliphatic carboxylic acids is 1. The Balaban J connectivity index is 1.63. The van der Waals surface area contributed by atoms with Crippen molar-refractivity contribution >= 4 is 11.9 Å². The standard InChI is InChI=1S/C11H17NO4/c13-10(5-7-1-2-7)12-6-8-3-4-9(16-8)11(14)15/h7-9H,1-6H2,(H,12,13)(H,14,15). The van der Waals surface area contributed by atoms with Crippen LogP contribution in [0.4, 0.5) is 0 Å². The van der Waals surface area contributed by atoms with Gasteiger partial charge in [0.1, 0.15) is 0 Å². The highest BCUT2D eigenvalue weighted by atomic mass is 16.5. The quantitative estimate of drug-likeness (QED) is 0.718. The molecule has 0 radical (unpaired) electrons. The van der Waals surface area contributed by atoms with E-state index in [2.05, 4.69) is 5.32 Å². The number of rotatable bonds is 5. The number of carbonyl (C=O) groups excluding carboxylic acids is 1. The maximum Gasteiger partial charge on any atom is 0.332 e. The van der Waals surface area contributed by atoms with E-state index in [-0.39, 0.29) is 12.0 Å². The number of hydrogen-bond donors (Lipinski definition) is 2. The highest BCUT2D eigenvalue weighted by Gasteiger charge is 2.31. The van der Waals surface area contributed by atoms with E-state index in [0.29, 0.717) is 31.7 Å². The van der Waals surface area contributed by atoms with Gasteiger partial charge in [-0.05, 0) is 31.6 Å². The van der Waals surface area contributed by atoms with Gasteiger partial charge in [0.05, 0.1) is 6.10 Å². The van der Waals surface area contributed by atoms with Crippen molar-refractivity contribution in [3.8, 4) is 0 Å². The fraction of sp³-hybridized carbons (Fsp3) is 0.818. The molecule has 2 unspecified atom stereocenters. The molecule has 1 amide bonds. The van der Waals surface area contributed by atoms with Crippen molar-refractivity contribution < 1.29 is 19.4 Å². The zero-order valence-electron chi connectivity index (χ0n) is 9.15. The number of ether oxygens (including phenoxy) is 1. The Bertz CT molecular complexity index is 288. The van der Waals surface area contributed by atoms with E-state index in [1.807, 2.05) is 0 Å². The molecule has 1 saturated carbocycles. The second kappa shape index (κ2) is 4.82. The van der Waals surface area contributed by atoms with Crippen molar-refractivity contribution in [1.29, 1.82) is 0 Å². The van der Waals surface area contributed by atoms with Crippen molar-refractivity contribution in [2.75, 3.05) is 6.54 Å². The molecule has 0 bridgehead atoms. The molecule has 2 atom stereocenters. The van der Waals surface area contributed by atoms with Crippen LogP contribution in [-0.2, 0) is 14.3 Å². The van der Waals surface area contributed by atoms with E-state index in [0.717, 1.165) is 12.8 Å². The molecule has 2 fully saturated rings. The largest absolute Gasteiger partial charge is 0.479 e. The molecule has 1 aliphatic carbocycles. The van der Waals surface area contributed by atoms with Crippen LogP contribution in [0, 0.1) is 5.92 Å². The topological polar surface area (TPSA) is 75.6 Å². The molecule has 2 N–H and O–H groups in total. The van der Waals surface area contributed by atoms with E-state index in [1.54, 1.807) is 0 Å². The summed E-state index contributed by atoms with van der Waals surface area (Å²) < 4.78 is 5.28. The Labute approximate surface area is 94.2 Å². The molecule has 0 aromatic carbocycles. The lowest BCUT2D eigenvalue weighted by Crippen LogP contribution is -2.33. The fourth-order valence-corrected chi connectivity index (χ4v) is 1.92. The van der Waals surface area contributed by atoms with Crippen molar-refractivity contribution in [1.82, 2.24) is 5.32 Å². The molecule has 5 nitrogen and oxygen atoms in total. The Hall–Kier alpha value is -1.10. The van der Waals surface area contributed by atoms with Crippen molar-refractivity contribution in [2.24, 2.45) is 5.92 Å². The van der Waals surface area contributed by atoms with Gasteiger partial charge in [0.25, 0.3) is 0 Å². The molecular formula is C11H17NO4. The molecule has 2 rings (SSSR count). The highest BCUT2D eigenvalue weighted by Crippen LogP contribution is 2.32. The minimum Gasteiger partial charge on any atom is -0.479 e. The van der Waals surface area contributed by atoms with Crippen LogP contribution in [0.2, 0.25) is 0 Å². The molecule has 0 aromatic heterocycles. The van der Waals surface area contributed by atoms with Gasteiger partial charge in [-0.3, -0.25) is 4.79 Å². The lowest BCUT2D eigenvalue weighted by molar-refractivity contribution is -0.149. The maximum atomic E-state index is 11.4. The average molecular weight is 227 g/mol. The predicted molar refractivity (Wildman–Crippen MR) is 55.9 cm³/mol. The Morgan fingerprint density at radius 2 is 2.00 bits per heavy atom. The summed E-state index contributed by atoms with van der Waals surface area (Å²) >= 11 is 0. The van der Waals surface area contributed by atoms with Crippen LogP contribution in [-0.4, -0.2) is 35.7 Å². The number of carbonyl (C=O) groups is 2. The van der Waals surface area contributed by atoms with Gasteiger partial charge >= 0.3 is 5.97 Å². The molecular weight excluding hydrogens is 210 g/mol. The third-order valence-corrected chi connectivity index (χ3v) is 3.08. The van der Waals surface area contributed by atoms with Crippen molar-refractivity contribution in [2.45, 2.75) is 44.3 Å². The summed E-state index contributed by atoms with van der Waals surface area (Å²) in [6.07, 6.45) is 3.35. The van der Waals surface area contributed by atoms with Crippen LogP contribution in [0.5, 0.6) is 0 Å². The van der Waals surface area contributed by atoms with E-state index in [4.69, 9.17) is 9.84 Å². The SMILES string of the molecule is O=C(CC1CC1)NCC1CCC(C(=O)O)O1. The summed E-state index contributed by atoms with van der Waals surface area (Å²) in [5, 5.41) is 11.5. The third-order valence-electron chi connectivity index (χ3n) is 3.08. The second-order valence-corrected chi connectivity index (χ2v) is 4.61. The maximum absolute atomic E-state index is 11.4. The Morgan fingerprint density at radius 1 is 1.25 bits per heavy atom. The first kappa shape index (κ1) is 11.4. The van der Waals surface area contributed by atoms with E-state index in [9.17, 15) is 9.59 Å². The Kier molecular flexibility index (Phi) is 3.43. The highest BCUT2D eigenvalue weighted by molar-refractivity contribution is 5.76. The van der Waals surface area contributed by atoms with Gasteiger partial charge in [0.2, 0.25) is 5.91 Å². The van der Waals surface area contributed by atoms with Crippen LogP contribution < -0.4 is 5.32 Å². The van der Waals surface area contributed by atoms with Crippen LogP contribution in [0.15, 0.2) is 0 Å². The van der Waals surface area contributed by atoms with E-state index < -0.39 is 12.1 Å². The second-order valence-electron chi connectivity index (χ2n) is 4.61. The number of hydrogen-bond acceptors (Lipinski definition) is 3. The van der Waals surface area contributed by atoms with E-state index >= 15 is 0 Å². The average Bonchev–Trinajstić information content (AvgIpc) is 2.91. The summed E-state index contributed by atoms with van der Waals surface area (Å²) in [5.74, 6) is -0.270. The lowest BCUT2D eigenvalue weighted by Gasteiger charge is -2.12. The molecule has 5 heteroatoms. The summed E-state index contributed by atoms with van der Waals surface area (Å²) in [7, 11) is 0. The molecule has 0 aromatic rings. The van der Waals surface area contributed by atoms with E-state index in [1.165, 1.54) is 0 Å². The zero-order valence-corrected chi connectivity index (χ0v) is 9.15. The van der Waals surface area contributed by atoms with Gasteiger partial charge in [0.15, 0.2) is 6.10 Å². The molecule has 1 saturated heterocycles. The third kappa shape index (κ3) is 3.20. The summed E-state index contributed by atoms with van der Waals surface area (Å²) in [6, 6.07) is 0. The summed E-state index contributed by atoms with van der Waals surface area (Å²) in [4.78, 5) is 22.0. The Morgan fingerprint density at radius 3 is 2.56 bits per heavy atom. The first-order chi connectivity index (χ1) is 7.65. The van der Waals surface area contributed by atoms with Gasteiger partial charge in [-0.15, -0.1) is 0 Å². The predicted octanol–water partition coefficient (Wildman–Crippen LogP) is 0.535. The molecule has 2 aliphatic rings. The number of amides is 1. The molecule has 1 aliphatic heterocycles. The first-order valence-corrected chi connectivity index (χ1v) is 5.80. The van der Waals surface area contributed by atoms with Crippen molar-refractivity contribution in [3.05, 3.63) is 0 Å². The minimum absolute atomic E-state index is 0.0601. The number of carboxylic acids is 1. The molecule has 16 heavy (non-hydrogen) atoms. The van der Waals surface area contributed by atoms with Crippen LogP contribution >= 0.6 is 0 Å². The van der Waals surface area contributed by atoms with Gasteiger partial charge in [-0.2, -0.15) is 0 Å². The zero-order chi connectivity index (χ0) is 11.5. The first-order valence-electron chi connectivity index (χ1n) is 5.80. The molecule has 1 heterocycles. The molecule has 90 valence electrons. The van der Waals surface area contributed by atoms with Gasteiger partial charge in [-0.1, -0.05) is 0 Å².